The standard InChI is InChI=1S/C20H19ClN4O/c1-11(2)15-4-12-6-19(22-8-13(12)5-18(15)21)24-20(26)17-7-16(17)14-9-23-25(3)10-14/h4-6,8-10,16-17H,1,7H2,2-3H3,(H,22,24,26). The van der Waals surface area contributed by atoms with Crippen molar-refractivity contribution in [3.63, 3.8) is 0 Å². The van der Waals surface area contributed by atoms with Crippen molar-refractivity contribution >= 4 is 39.7 Å². The zero-order chi connectivity index (χ0) is 18.4. The number of aryl methyl sites for hydroxylation is 1. The Hall–Kier alpha value is -2.66. The molecule has 4 rings (SSSR count). The minimum absolute atomic E-state index is 0.000193. The maximum atomic E-state index is 12.5. The molecule has 26 heavy (non-hydrogen) atoms. The highest BCUT2D eigenvalue weighted by Gasteiger charge is 2.44. The predicted molar refractivity (Wildman–Crippen MR) is 104 cm³/mol. The molecule has 2 heterocycles. The Morgan fingerprint density at radius 2 is 2.12 bits per heavy atom. The molecule has 6 heteroatoms. The van der Waals surface area contributed by atoms with Crippen LogP contribution in [-0.2, 0) is 11.8 Å². The Balaban J connectivity index is 1.53. The molecule has 132 valence electrons. The predicted octanol–water partition coefficient (Wildman–Crippen LogP) is 4.40. The molecule has 0 radical (unpaired) electrons. The Morgan fingerprint density at radius 1 is 1.31 bits per heavy atom. The van der Waals surface area contributed by atoms with Gasteiger partial charge >= 0.3 is 0 Å². The monoisotopic (exact) mass is 366 g/mol. The largest absolute Gasteiger partial charge is 0.310 e. The third-order valence-electron chi connectivity index (χ3n) is 4.80. The van der Waals surface area contributed by atoms with Gasteiger partial charge in [-0.2, -0.15) is 5.10 Å². The van der Waals surface area contributed by atoms with Crippen LogP contribution in [0.5, 0.6) is 0 Å². The number of amides is 1. The number of anilines is 1. The quantitative estimate of drug-likeness (QED) is 0.744. The second kappa shape index (κ2) is 6.25. The van der Waals surface area contributed by atoms with Crippen LogP contribution in [0.15, 0.2) is 43.4 Å². The van der Waals surface area contributed by atoms with Crippen LogP contribution >= 0.6 is 11.6 Å². The molecule has 5 nitrogen and oxygen atoms in total. The number of pyridine rings is 1. The molecule has 1 fully saturated rings. The summed E-state index contributed by atoms with van der Waals surface area (Å²) in [5, 5.41) is 9.66. The summed E-state index contributed by atoms with van der Waals surface area (Å²) in [6, 6.07) is 5.73. The van der Waals surface area contributed by atoms with Crippen LogP contribution < -0.4 is 5.32 Å². The summed E-state index contributed by atoms with van der Waals surface area (Å²) in [7, 11) is 1.88. The number of fused-ring (bicyclic) bond motifs is 1. The summed E-state index contributed by atoms with van der Waals surface area (Å²) >= 11 is 6.28. The molecule has 0 aliphatic heterocycles. The molecule has 1 aromatic carbocycles. The number of allylic oxidation sites excluding steroid dienone is 1. The molecule has 3 aromatic rings. The van der Waals surface area contributed by atoms with Crippen LogP contribution in [-0.4, -0.2) is 20.7 Å². The first kappa shape index (κ1) is 16.8. The molecule has 1 amide bonds. The van der Waals surface area contributed by atoms with Crippen molar-refractivity contribution in [3.8, 4) is 0 Å². The molecule has 2 aromatic heterocycles. The average Bonchev–Trinajstić information content (AvgIpc) is 3.29. The number of benzene rings is 1. The lowest BCUT2D eigenvalue weighted by molar-refractivity contribution is -0.117. The van der Waals surface area contributed by atoms with Gasteiger partial charge in [0.05, 0.1) is 6.20 Å². The summed E-state index contributed by atoms with van der Waals surface area (Å²) in [4.78, 5) is 16.9. The molecule has 0 saturated heterocycles. The average molecular weight is 367 g/mol. The number of hydrogen-bond acceptors (Lipinski definition) is 3. The Labute approximate surface area is 156 Å². The summed E-state index contributed by atoms with van der Waals surface area (Å²) in [6.45, 7) is 5.88. The van der Waals surface area contributed by atoms with E-state index in [1.165, 1.54) is 0 Å². The lowest BCUT2D eigenvalue weighted by atomic mass is 10.0. The lowest BCUT2D eigenvalue weighted by Crippen LogP contribution is -2.15. The van der Waals surface area contributed by atoms with E-state index in [0.717, 1.165) is 33.9 Å². The first-order valence-electron chi connectivity index (χ1n) is 8.47. The van der Waals surface area contributed by atoms with Crippen molar-refractivity contribution in [1.29, 1.82) is 0 Å². The van der Waals surface area contributed by atoms with Gasteiger partial charge in [-0.25, -0.2) is 4.98 Å². The van der Waals surface area contributed by atoms with Gasteiger partial charge in [0.2, 0.25) is 5.91 Å². The minimum Gasteiger partial charge on any atom is -0.310 e. The number of halogens is 1. The van der Waals surface area contributed by atoms with Crippen LogP contribution in [0.4, 0.5) is 5.82 Å². The highest BCUT2D eigenvalue weighted by molar-refractivity contribution is 6.33. The summed E-state index contributed by atoms with van der Waals surface area (Å²) in [6.07, 6.45) is 6.37. The van der Waals surface area contributed by atoms with Crippen molar-refractivity contribution in [2.24, 2.45) is 13.0 Å². The minimum atomic E-state index is -0.0205. The number of hydrogen-bond donors (Lipinski definition) is 1. The van der Waals surface area contributed by atoms with Crippen molar-refractivity contribution in [2.75, 3.05) is 5.32 Å². The highest BCUT2D eigenvalue weighted by atomic mass is 35.5. The van der Waals surface area contributed by atoms with Crippen LogP contribution in [0.2, 0.25) is 5.02 Å². The smallest absolute Gasteiger partial charge is 0.229 e. The third-order valence-corrected chi connectivity index (χ3v) is 5.11. The van der Waals surface area contributed by atoms with Gasteiger partial charge in [0.15, 0.2) is 0 Å². The molecular formula is C20H19ClN4O. The number of rotatable bonds is 4. The van der Waals surface area contributed by atoms with Gasteiger partial charge in [0.1, 0.15) is 5.82 Å². The van der Waals surface area contributed by atoms with Gasteiger partial charge in [0, 0.05) is 35.8 Å². The second-order valence-electron chi connectivity index (χ2n) is 6.91. The SMILES string of the molecule is C=C(C)c1cc2cc(NC(=O)C3CC3c3cnn(C)c3)ncc2cc1Cl. The van der Waals surface area contributed by atoms with Gasteiger partial charge in [-0.3, -0.25) is 9.48 Å². The lowest BCUT2D eigenvalue weighted by Gasteiger charge is -2.09. The maximum absolute atomic E-state index is 12.5. The van der Waals surface area contributed by atoms with Crippen molar-refractivity contribution in [2.45, 2.75) is 19.3 Å². The Kier molecular flexibility index (Phi) is 4.04. The molecule has 0 bridgehead atoms. The Bertz CT molecular complexity index is 1040. The molecular weight excluding hydrogens is 348 g/mol. The fourth-order valence-electron chi connectivity index (χ4n) is 3.26. The Morgan fingerprint density at radius 3 is 2.81 bits per heavy atom. The van der Waals surface area contributed by atoms with Crippen LogP contribution in [0, 0.1) is 5.92 Å². The molecule has 0 spiro atoms. The first-order chi connectivity index (χ1) is 12.4. The van der Waals surface area contributed by atoms with E-state index < -0.39 is 0 Å². The molecule has 1 saturated carbocycles. The number of nitrogens with zero attached hydrogens (tertiary/aromatic N) is 3. The summed E-state index contributed by atoms with van der Waals surface area (Å²) in [5.74, 6) is 0.778. The van der Waals surface area contributed by atoms with Gasteiger partial charge in [-0.15, -0.1) is 0 Å². The molecule has 1 aliphatic carbocycles. The number of aromatic nitrogens is 3. The van der Waals surface area contributed by atoms with Crippen LogP contribution in [0.1, 0.15) is 30.4 Å². The fourth-order valence-corrected chi connectivity index (χ4v) is 3.60. The zero-order valence-electron chi connectivity index (χ0n) is 14.7. The van der Waals surface area contributed by atoms with E-state index in [9.17, 15) is 4.79 Å². The van der Waals surface area contributed by atoms with Gasteiger partial charge in [-0.05, 0) is 59.5 Å². The second-order valence-corrected chi connectivity index (χ2v) is 7.32. The van der Waals surface area contributed by atoms with Gasteiger partial charge in [0.25, 0.3) is 0 Å². The van der Waals surface area contributed by atoms with Crippen molar-refractivity contribution in [3.05, 3.63) is 59.5 Å². The fraction of sp³-hybridized carbons (Fsp3) is 0.250. The zero-order valence-corrected chi connectivity index (χ0v) is 15.4. The normalized spacial score (nSPS) is 18.7. The molecule has 2 unspecified atom stereocenters. The molecule has 1 aliphatic rings. The molecule has 2 atom stereocenters. The van der Waals surface area contributed by atoms with Crippen LogP contribution in [0.25, 0.3) is 16.3 Å². The van der Waals surface area contributed by atoms with E-state index in [0.29, 0.717) is 10.8 Å². The van der Waals surface area contributed by atoms with Crippen molar-refractivity contribution < 1.29 is 4.79 Å². The summed E-state index contributed by atoms with van der Waals surface area (Å²) in [5.41, 5.74) is 2.91. The van der Waals surface area contributed by atoms with E-state index in [-0.39, 0.29) is 17.7 Å². The molecule has 1 N–H and O–H groups in total. The summed E-state index contributed by atoms with van der Waals surface area (Å²) < 4.78 is 1.76. The van der Waals surface area contributed by atoms with E-state index in [2.05, 4.69) is 22.0 Å². The number of carbonyl (C=O) groups excluding carboxylic acids is 1. The first-order valence-corrected chi connectivity index (χ1v) is 8.85. The van der Waals surface area contributed by atoms with Gasteiger partial charge in [-0.1, -0.05) is 18.2 Å². The van der Waals surface area contributed by atoms with E-state index in [1.54, 1.807) is 10.9 Å². The highest BCUT2D eigenvalue weighted by Crippen LogP contribution is 2.47. The van der Waals surface area contributed by atoms with Crippen molar-refractivity contribution in [1.82, 2.24) is 14.8 Å². The maximum Gasteiger partial charge on any atom is 0.229 e. The van der Waals surface area contributed by atoms with Gasteiger partial charge < -0.3 is 5.32 Å². The van der Waals surface area contributed by atoms with E-state index in [4.69, 9.17) is 11.6 Å². The topological polar surface area (TPSA) is 59.8 Å². The van der Waals surface area contributed by atoms with Crippen LogP contribution in [0.3, 0.4) is 0 Å². The number of nitrogens with one attached hydrogen (secondary N) is 1. The number of carbonyl (C=O) groups is 1. The third kappa shape index (κ3) is 3.10. The van der Waals surface area contributed by atoms with E-state index >= 15 is 0 Å². The van der Waals surface area contributed by atoms with E-state index in [1.807, 2.05) is 44.6 Å².